The minimum absolute atomic E-state index is 0.0671. The summed E-state index contributed by atoms with van der Waals surface area (Å²) in [5, 5.41) is 0. The van der Waals surface area contributed by atoms with Crippen LogP contribution in [0.3, 0.4) is 0 Å². The van der Waals surface area contributed by atoms with Gasteiger partial charge in [-0.25, -0.2) is 8.42 Å². The molecule has 0 saturated carbocycles. The van der Waals surface area contributed by atoms with Crippen molar-refractivity contribution in [2.75, 3.05) is 4.90 Å². The smallest absolute Gasteiger partial charge is 0.244 e. The van der Waals surface area contributed by atoms with Crippen molar-refractivity contribution in [1.82, 2.24) is 4.31 Å². The number of allylic oxidation sites excluding steroid dienone is 1. The molecule has 202 valence electrons. The first-order valence-corrected chi connectivity index (χ1v) is 15.1. The fourth-order valence-electron chi connectivity index (χ4n) is 6.47. The van der Waals surface area contributed by atoms with E-state index in [4.69, 9.17) is 0 Å². The van der Waals surface area contributed by atoms with Crippen LogP contribution >= 0.6 is 0 Å². The molecule has 0 aliphatic carbocycles. The Morgan fingerprint density at radius 3 is 2.15 bits per heavy atom. The third kappa shape index (κ3) is 4.10. The Labute approximate surface area is 236 Å². The molecule has 2 heterocycles. The number of aryl methyl sites for hydroxylation is 1. The van der Waals surface area contributed by atoms with Crippen LogP contribution in [0.25, 0.3) is 0 Å². The van der Waals surface area contributed by atoms with Crippen LogP contribution in [0.5, 0.6) is 0 Å². The molecule has 0 N–H and O–H groups in total. The minimum atomic E-state index is -3.98. The molecule has 6 heteroatoms. The Balaban J connectivity index is 1.59. The Morgan fingerprint density at radius 1 is 0.850 bits per heavy atom. The van der Waals surface area contributed by atoms with Crippen LogP contribution in [0.4, 0.5) is 5.69 Å². The molecule has 1 fully saturated rings. The zero-order valence-electron chi connectivity index (χ0n) is 22.6. The van der Waals surface area contributed by atoms with Crippen LogP contribution in [0.2, 0.25) is 0 Å². The zero-order valence-corrected chi connectivity index (χ0v) is 23.5. The first-order valence-electron chi connectivity index (χ1n) is 13.6. The van der Waals surface area contributed by atoms with E-state index in [2.05, 4.69) is 0 Å². The fraction of sp³-hybridized carbons (Fsp3) is 0.206. The molecule has 3 atom stereocenters. The van der Waals surface area contributed by atoms with Gasteiger partial charge < -0.3 is 4.90 Å². The monoisotopic (exact) mass is 548 g/mol. The predicted molar refractivity (Wildman–Crippen MR) is 158 cm³/mol. The highest BCUT2D eigenvalue weighted by atomic mass is 32.2. The summed E-state index contributed by atoms with van der Waals surface area (Å²) >= 11 is 0. The first-order chi connectivity index (χ1) is 19.4. The molecule has 40 heavy (non-hydrogen) atoms. The zero-order chi connectivity index (χ0) is 27.9. The molecule has 2 aliphatic rings. The molecule has 5 nitrogen and oxygen atoms in total. The van der Waals surface area contributed by atoms with Gasteiger partial charge in [0.15, 0.2) is 0 Å². The van der Waals surface area contributed by atoms with Crippen LogP contribution in [-0.2, 0) is 26.8 Å². The topological polar surface area (TPSA) is 57.7 Å². The van der Waals surface area contributed by atoms with Crippen molar-refractivity contribution >= 4 is 21.6 Å². The number of sulfonamides is 1. The SMILES string of the molecule is C/C=C\C1CC2(C(=O)N(Cc3ccccc3)c3ccccc32)C(c2ccccc2)N1S(=O)(=O)c1ccc(C)cc1. The van der Waals surface area contributed by atoms with Gasteiger partial charge in [0.05, 0.1) is 22.9 Å². The van der Waals surface area contributed by atoms with Gasteiger partial charge in [-0.3, -0.25) is 4.79 Å². The number of carbonyl (C=O) groups excluding carboxylic acids is 1. The number of amides is 1. The van der Waals surface area contributed by atoms with Gasteiger partial charge in [-0.2, -0.15) is 4.31 Å². The number of nitrogens with zero attached hydrogens (tertiary/aromatic N) is 2. The molecular weight excluding hydrogens is 516 g/mol. The minimum Gasteiger partial charge on any atom is -0.307 e. The molecule has 0 aromatic heterocycles. The number of anilines is 1. The van der Waals surface area contributed by atoms with Gasteiger partial charge in [-0.15, -0.1) is 0 Å². The lowest BCUT2D eigenvalue weighted by Crippen LogP contribution is -2.45. The van der Waals surface area contributed by atoms with Crippen molar-refractivity contribution in [3.05, 3.63) is 144 Å². The lowest BCUT2D eigenvalue weighted by atomic mass is 9.72. The van der Waals surface area contributed by atoms with Crippen molar-refractivity contribution in [3.63, 3.8) is 0 Å². The molecule has 1 amide bonds. The van der Waals surface area contributed by atoms with Gasteiger partial charge in [0.2, 0.25) is 15.9 Å². The summed E-state index contributed by atoms with van der Waals surface area (Å²) in [6, 6.07) is 33.2. The lowest BCUT2D eigenvalue weighted by Gasteiger charge is -2.35. The lowest BCUT2D eigenvalue weighted by molar-refractivity contribution is -0.124. The molecule has 6 rings (SSSR count). The summed E-state index contributed by atoms with van der Waals surface area (Å²) < 4.78 is 30.6. The van der Waals surface area contributed by atoms with Crippen LogP contribution < -0.4 is 4.90 Å². The number of rotatable bonds is 6. The average Bonchev–Trinajstić information content (AvgIpc) is 3.44. The maximum Gasteiger partial charge on any atom is 0.244 e. The van der Waals surface area contributed by atoms with Crippen LogP contribution in [0, 0.1) is 6.92 Å². The standard InChI is InChI=1S/C34H32N2O3S/c1-3-12-28-23-34(30-17-10-11-18-31(30)35(33(34)37)24-26-13-6-4-7-14-26)32(27-15-8-5-9-16-27)36(28)40(38,39)29-21-19-25(2)20-22-29/h3-22,28,32H,23-24H2,1-2H3/b12-3-. The molecule has 3 unspecified atom stereocenters. The molecule has 4 aromatic carbocycles. The fourth-order valence-corrected chi connectivity index (χ4v) is 8.27. The van der Waals surface area contributed by atoms with E-state index in [1.165, 1.54) is 0 Å². The third-order valence-electron chi connectivity index (χ3n) is 8.19. The van der Waals surface area contributed by atoms with Gasteiger partial charge in [0, 0.05) is 11.7 Å². The van der Waals surface area contributed by atoms with E-state index in [0.717, 1.165) is 27.9 Å². The Hall–Kier alpha value is -4.00. The van der Waals surface area contributed by atoms with Crippen molar-refractivity contribution in [2.24, 2.45) is 0 Å². The predicted octanol–water partition coefficient (Wildman–Crippen LogP) is 6.56. The molecule has 4 aromatic rings. The van der Waals surface area contributed by atoms with Crippen molar-refractivity contribution in [1.29, 1.82) is 0 Å². The van der Waals surface area contributed by atoms with E-state index >= 15 is 0 Å². The van der Waals surface area contributed by atoms with Crippen molar-refractivity contribution in [3.8, 4) is 0 Å². The number of carbonyl (C=O) groups is 1. The van der Waals surface area contributed by atoms with Crippen molar-refractivity contribution in [2.45, 2.75) is 49.2 Å². The summed E-state index contributed by atoms with van der Waals surface area (Å²) in [5.74, 6) is -0.0671. The number of para-hydroxylation sites is 1. The van der Waals surface area contributed by atoms with E-state index in [-0.39, 0.29) is 10.8 Å². The highest BCUT2D eigenvalue weighted by molar-refractivity contribution is 7.89. The Morgan fingerprint density at radius 2 is 1.48 bits per heavy atom. The van der Waals surface area contributed by atoms with E-state index in [0.29, 0.717) is 13.0 Å². The summed E-state index contributed by atoms with van der Waals surface area (Å²) in [6.45, 7) is 4.25. The van der Waals surface area contributed by atoms with E-state index in [1.54, 1.807) is 16.4 Å². The Kier molecular flexibility index (Phi) is 6.69. The summed E-state index contributed by atoms with van der Waals surface area (Å²) in [6.07, 6.45) is 4.16. The maximum atomic E-state index is 14.9. The Bertz CT molecular complexity index is 1670. The number of hydrogen-bond acceptors (Lipinski definition) is 3. The van der Waals surface area contributed by atoms with Gasteiger partial charge in [0.1, 0.15) is 0 Å². The number of hydrogen-bond donors (Lipinski definition) is 0. The van der Waals surface area contributed by atoms with Crippen LogP contribution in [0.15, 0.2) is 126 Å². The number of benzene rings is 4. The molecular formula is C34H32N2O3S. The normalized spacial score (nSPS) is 22.9. The van der Waals surface area contributed by atoms with Crippen LogP contribution in [-0.4, -0.2) is 24.7 Å². The molecule has 0 bridgehead atoms. The first kappa shape index (κ1) is 26.2. The largest absolute Gasteiger partial charge is 0.307 e. The van der Waals surface area contributed by atoms with Gasteiger partial charge >= 0.3 is 0 Å². The van der Waals surface area contributed by atoms with E-state index in [9.17, 15) is 13.2 Å². The number of fused-ring (bicyclic) bond motifs is 2. The van der Waals surface area contributed by atoms with Gasteiger partial charge in [-0.1, -0.05) is 109 Å². The molecule has 1 spiro atoms. The second kappa shape index (κ2) is 10.2. The van der Waals surface area contributed by atoms with Crippen molar-refractivity contribution < 1.29 is 13.2 Å². The molecule has 2 aliphatic heterocycles. The summed E-state index contributed by atoms with van der Waals surface area (Å²) in [7, 11) is -3.98. The van der Waals surface area contributed by atoms with Gasteiger partial charge in [-0.05, 0) is 55.2 Å². The quantitative estimate of drug-likeness (QED) is 0.257. The summed E-state index contributed by atoms with van der Waals surface area (Å²) in [5.41, 5.74) is 3.43. The van der Waals surface area contributed by atoms with Gasteiger partial charge in [0.25, 0.3) is 0 Å². The molecule has 0 radical (unpaired) electrons. The maximum absolute atomic E-state index is 14.9. The molecule has 1 saturated heterocycles. The highest BCUT2D eigenvalue weighted by Crippen LogP contribution is 2.60. The average molecular weight is 549 g/mol. The van der Waals surface area contributed by atoms with E-state index < -0.39 is 27.5 Å². The summed E-state index contributed by atoms with van der Waals surface area (Å²) in [4.78, 5) is 16.9. The third-order valence-corrected chi connectivity index (χ3v) is 10.1. The van der Waals surface area contributed by atoms with Crippen LogP contribution in [0.1, 0.15) is 41.6 Å². The highest BCUT2D eigenvalue weighted by Gasteiger charge is 2.65. The second-order valence-corrected chi connectivity index (χ2v) is 12.5. The second-order valence-electron chi connectivity index (χ2n) is 10.6. The van der Waals surface area contributed by atoms with E-state index in [1.807, 2.05) is 128 Å².